The fourth-order valence-electron chi connectivity index (χ4n) is 1.65. The summed E-state index contributed by atoms with van der Waals surface area (Å²) in [7, 11) is 1.74. The van der Waals surface area contributed by atoms with Crippen molar-refractivity contribution in [1.29, 1.82) is 0 Å². The minimum atomic E-state index is 0.190. The highest BCUT2D eigenvalue weighted by molar-refractivity contribution is 5.36. The Morgan fingerprint density at radius 2 is 1.75 bits per heavy atom. The van der Waals surface area contributed by atoms with Gasteiger partial charge in [-0.2, -0.15) is 0 Å². The van der Waals surface area contributed by atoms with Crippen LogP contribution in [0, 0.1) is 20.8 Å². The Labute approximate surface area is 73.9 Å². The zero-order valence-corrected chi connectivity index (χ0v) is 8.49. The fourth-order valence-corrected chi connectivity index (χ4v) is 1.65. The molecule has 1 aromatic rings. The van der Waals surface area contributed by atoms with E-state index >= 15 is 0 Å². The van der Waals surface area contributed by atoms with Gasteiger partial charge in [0, 0.05) is 24.1 Å². The van der Waals surface area contributed by atoms with Crippen LogP contribution in [0.15, 0.2) is 0 Å². The smallest absolute Gasteiger partial charge is 0.0812 e. The lowest BCUT2D eigenvalue weighted by molar-refractivity contribution is 0.118. The summed E-state index contributed by atoms with van der Waals surface area (Å²) in [5, 5.41) is 0. The second-order valence-electron chi connectivity index (χ2n) is 3.29. The number of aryl methyl sites for hydroxylation is 2. The molecular formula is C10H17NO. The quantitative estimate of drug-likeness (QED) is 0.719. The molecule has 1 atom stereocenters. The number of methoxy groups -OCH3 is 1. The van der Waals surface area contributed by atoms with Crippen molar-refractivity contribution in [2.24, 2.45) is 0 Å². The average Bonchev–Trinajstić information content (AvgIpc) is 2.26. The highest BCUT2D eigenvalue weighted by Crippen LogP contribution is 2.25. The first-order valence-electron chi connectivity index (χ1n) is 4.26. The second-order valence-corrected chi connectivity index (χ2v) is 3.29. The van der Waals surface area contributed by atoms with Crippen LogP contribution in [0.5, 0.6) is 0 Å². The molecule has 1 unspecified atom stereocenters. The third kappa shape index (κ3) is 1.39. The zero-order chi connectivity index (χ0) is 9.30. The van der Waals surface area contributed by atoms with Crippen molar-refractivity contribution in [2.75, 3.05) is 7.11 Å². The van der Waals surface area contributed by atoms with Crippen molar-refractivity contribution >= 4 is 0 Å². The molecule has 0 aromatic carbocycles. The number of ether oxygens (including phenoxy) is 1. The number of H-pyrrole nitrogens is 1. The lowest BCUT2D eigenvalue weighted by Crippen LogP contribution is -1.98. The van der Waals surface area contributed by atoms with Crippen LogP contribution in [0.25, 0.3) is 0 Å². The highest BCUT2D eigenvalue weighted by atomic mass is 16.5. The van der Waals surface area contributed by atoms with E-state index in [9.17, 15) is 0 Å². The van der Waals surface area contributed by atoms with Gasteiger partial charge in [-0.25, -0.2) is 0 Å². The van der Waals surface area contributed by atoms with E-state index in [1.807, 2.05) is 0 Å². The van der Waals surface area contributed by atoms with Gasteiger partial charge in [0.05, 0.1) is 6.10 Å². The third-order valence-corrected chi connectivity index (χ3v) is 2.51. The molecule has 0 spiro atoms. The molecule has 1 heterocycles. The Morgan fingerprint density at radius 3 is 2.08 bits per heavy atom. The molecule has 1 rings (SSSR count). The van der Waals surface area contributed by atoms with E-state index in [0.29, 0.717) is 0 Å². The summed E-state index contributed by atoms with van der Waals surface area (Å²) in [5.41, 5.74) is 5.09. The van der Waals surface area contributed by atoms with Gasteiger partial charge in [0.1, 0.15) is 0 Å². The standard InChI is InChI=1S/C10H17NO/c1-6-7(2)11-8(3)10(6)9(4)12-5/h9,11H,1-5H3. The molecule has 1 N–H and O–H groups in total. The van der Waals surface area contributed by atoms with Crippen molar-refractivity contribution in [3.63, 3.8) is 0 Å². The Hall–Kier alpha value is -0.760. The lowest BCUT2D eigenvalue weighted by atomic mass is 10.1. The van der Waals surface area contributed by atoms with Gasteiger partial charge in [-0.1, -0.05) is 0 Å². The van der Waals surface area contributed by atoms with Gasteiger partial charge in [0.15, 0.2) is 0 Å². The summed E-state index contributed by atoms with van der Waals surface area (Å²) >= 11 is 0. The Balaban J connectivity index is 3.13. The summed E-state index contributed by atoms with van der Waals surface area (Å²) in [6.07, 6.45) is 0.190. The van der Waals surface area contributed by atoms with Crippen LogP contribution in [-0.2, 0) is 4.74 Å². The largest absolute Gasteiger partial charge is 0.377 e. The number of nitrogens with one attached hydrogen (secondary N) is 1. The number of hydrogen-bond donors (Lipinski definition) is 1. The molecule has 0 amide bonds. The molecule has 0 aliphatic heterocycles. The van der Waals surface area contributed by atoms with Crippen molar-refractivity contribution in [3.8, 4) is 0 Å². The van der Waals surface area contributed by atoms with E-state index in [-0.39, 0.29) is 6.10 Å². The van der Waals surface area contributed by atoms with Crippen LogP contribution >= 0.6 is 0 Å². The first-order valence-corrected chi connectivity index (χ1v) is 4.26. The molecule has 0 fully saturated rings. The van der Waals surface area contributed by atoms with Crippen molar-refractivity contribution < 1.29 is 4.74 Å². The first-order chi connectivity index (χ1) is 5.57. The van der Waals surface area contributed by atoms with Crippen molar-refractivity contribution in [3.05, 3.63) is 22.5 Å². The summed E-state index contributed by atoms with van der Waals surface area (Å²) in [6.45, 7) is 8.38. The zero-order valence-electron chi connectivity index (χ0n) is 8.49. The van der Waals surface area contributed by atoms with Gasteiger partial charge in [-0.05, 0) is 33.3 Å². The van der Waals surface area contributed by atoms with E-state index in [0.717, 1.165) is 0 Å². The van der Waals surface area contributed by atoms with Gasteiger partial charge in [0.25, 0.3) is 0 Å². The highest BCUT2D eigenvalue weighted by Gasteiger charge is 2.13. The third-order valence-electron chi connectivity index (χ3n) is 2.51. The Kier molecular flexibility index (Phi) is 2.58. The van der Waals surface area contributed by atoms with Crippen LogP contribution in [0.3, 0.4) is 0 Å². The van der Waals surface area contributed by atoms with E-state index in [1.165, 1.54) is 22.5 Å². The number of aromatic amines is 1. The molecule has 0 saturated carbocycles. The van der Waals surface area contributed by atoms with Crippen LogP contribution in [-0.4, -0.2) is 12.1 Å². The monoisotopic (exact) mass is 167 g/mol. The molecule has 0 aliphatic carbocycles. The minimum Gasteiger partial charge on any atom is -0.377 e. The number of hydrogen-bond acceptors (Lipinski definition) is 1. The first kappa shape index (κ1) is 9.33. The summed E-state index contributed by atoms with van der Waals surface area (Å²) in [5.74, 6) is 0. The molecule has 68 valence electrons. The molecule has 0 saturated heterocycles. The summed E-state index contributed by atoms with van der Waals surface area (Å²) in [6, 6.07) is 0. The Bertz CT molecular complexity index is 276. The van der Waals surface area contributed by atoms with Gasteiger partial charge >= 0.3 is 0 Å². The maximum Gasteiger partial charge on any atom is 0.0812 e. The van der Waals surface area contributed by atoms with E-state index < -0.39 is 0 Å². The van der Waals surface area contributed by atoms with Crippen molar-refractivity contribution in [1.82, 2.24) is 4.98 Å². The number of aromatic nitrogens is 1. The molecule has 2 nitrogen and oxygen atoms in total. The molecule has 0 bridgehead atoms. The van der Waals surface area contributed by atoms with E-state index in [2.05, 4.69) is 32.7 Å². The fraction of sp³-hybridized carbons (Fsp3) is 0.600. The molecule has 12 heavy (non-hydrogen) atoms. The van der Waals surface area contributed by atoms with Gasteiger partial charge in [0.2, 0.25) is 0 Å². The molecule has 0 aliphatic rings. The van der Waals surface area contributed by atoms with E-state index in [4.69, 9.17) is 4.74 Å². The predicted molar refractivity (Wildman–Crippen MR) is 50.4 cm³/mol. The average molecular weight is 167 g/mol. The Morgan fingerprint density at radius 1 is 1.17 bits per heavy atom. The summed E-state index contributed by atoms with van der Waals surface area (Å²) in [4.78, 5) is 3.31. The molecule has 0 radical (unpaired) electrons. The number of rotatable bonds is 2. The van der Waals surface area contributed by atoms with E-state index in [1.54, 1.807) is 7.11 Å². The van der Waals surface area contributed by atoms with Crippen LogP contribution < -0.4 is 0 Å². The lowest BCUT2D eigenvalue weighted by Gasteiger charge is -2.10. The summed E-state index contributed by atoms with van der Waals surface area (Å²) < 4.78 is 5.29. The normalized spacial score (nSPS) is 13.4. The maximum absolute atomic E-state index is 5.29. The predicted octanol–water partition coefficient (Wildman–Crippen LogP) is 2.65. The van der Waals surface area contributed by atoms with Crippen LogP contribution in [0.4, 0.5) is 0 Å². The SMILES string of the molecule is COC(C)c1c(C)[nH]c(C)c1C. The maximum atomic E-state index is 5.29. The van der Waals surface area contributed by atoms with Gasteiger partial charge in [-0.3, -0.25) is 0 Å². The molecular weight excluding hydrogens is 150 g/mol. The van der Waals surface area contributed by atoms with Gasteiger partial charge < -0.3 is 9.72 Å². The molecule has 1 aromatic heterocycles. The second kappa shape index (κ2) is 3.31. The van der Waals surface area contributed by atoms with Gasteiger partial charge in [-0.15, -0.1) is 0 Å². The van der Waals surface area contributed by atoms with Crippen LogP contribution in [0.2, 0.25) is 0 Å². The minimum absolute atomic E-state index is 0.190. The molecule has 2 heteroatoms. The van der Waals surface area contributed by atoms with Crippen molar-refractivity contribution in [2.45, 2.75) is 33.8 Å². The van der Waals surface area contributed by atoms with Crippen LogP contribution in [0.1, 0.15) is 35.5 Å². The topological polar surface area (TPSA) is 25.0 Å².